The highest BCUT2D eigenvalue weighted by molar-refractivity contribution is 5.25. The second kappa shape index (κ2) is 6.87. The molecule has 0 saturated heterocycles. The van der Waals surface area contributed by atoms with Crippen LogP contribution in [-0.4, -0.2) is 27.8 Å². The summed E-state index contributed by atoms with van der Waals surface area (Å²) in [5.74, 6) is 0. The van der Waals surface area contributed by atoms with Gasteiger partial charge in [-0.1, -0.05) is 36.8 Å². The second-order valence-electron chi connectivity index (χ2n) is 5.86. The third-order valence-electron chi connectivity index (χ3n) is 3.96. The summed E-state index contributed by atoms with van der Waals surface area (Å²) in [6.45, 7) is 5.10. The summed E-state index contributed by atoms with van der Waals surface area (Å²) in [4.78, 5) is 2.32. The van der Waals surface area contributed by atoms with Gasteiger partial charge in [0.15, 0.2) is 0 Å². The summed E-state index contributed by atoms with van der Waals surface area (Å²) in [5, 5.41) is 4.24. The number of hydrogen-bond acceptors (Lipinski definition) is 3. The van der Waals surface area contributed by atoms with Gasteiger partial charge in [0.2, 0.25) is 0 Å². The molecule has 0 spiro atoms. The van der Waals surface area contributed by atoms with Crippen LogP contribution in [0.3, 0.4) is 0 Å². The minimum Gasteiger partial charge on any atom is -0.326 e. The van der Waals surface area contributed by atoms with Crippen LogP contribution in [0.25, 0.3) is 0 Å². The van der Waals surface area contributed by atoms with Crippen LogP contribution < -0.4 is 5.73 Å². The van der Waals surface area contributed by atoms with Crippen molar-refractivity contribution >= 4 is 0 Å². The van der Waals surface area contributed by atoms with E-state index >= 15 is 0 Å². The number of likely N-dealkylation sites (N-methyl/N-ethyl adjacent to an activating group) is 1. The van der Waals surface area contributed by atoms with Crippen LogP contribution in [0.5, 0.6) is 0 Å². The number of hydrogen-bond donors (Lipinski definition) is 1. The van der Waals surface area contributed by atoms with Crippen LogP contribution in [0.1, 0.15) is 36.1 Å². The molecule has 0 bridgehead atoms. The molecule has 2 N–H and O–H groups in total. The summed E-state index contributed by atoms with van der Waals surface area (Å²) in [6, 6.07) is 9.03. The lowest BCUT2D eigenvalue weighted by molar-refractivity contribution is 0.201. The minimum atomic E-state index is 0.120. The van der Waals surface area contributed by atoms with Gasteiger partial charge in [-0.05, 0) is 26.0 Å². The van der Waals surface area contributed by atoms with Crippen LogP contribution in [0, 0.1) is 6.92 Å². The zero-order valence-electron chi connectivity index (χ0n) is 13.5. The van der Waals surface area contributed by atoms with Crippen LogP contribution in [0.15, 0.2) is 36.7 Å². The standard InChI is InChI=1S/C17H26N4/c1-5-16(18)17(15-8-6-13(2)7-9-15)20(3)11-14-10-19-21(4)12-14/h6-10,12,16-17H,5,11,18H2,1-4H3. The lowest BCUT2D eigenvalue weighted by Gasteiger charge is -2.32. The van der Waals surface area contributed by atoms with Crippen LogP contribution in [0.4, 0.5) is 0 Å². The smallest absolute Gasteiger partial charge is 0.0534 e. The second-order valence-corrected chi connectivity index (χ2v) is 5.86. The topological polar surface area (TPSA) is 47.1 Å². The summed E-state index contributed by atoms with van der Waals surface area (Å²) in [5.41, 5.74) is 10.1. The van der Waals surface area contributed by atoms with Crippen molar-refractivity contribution in [2.75, 3.05) is 7.05 Å². The molecule has 0 fully saturated rings. The molecule has 0 aliphatic heterocycles. The highest BCUT2D eigenvalue weighted by atomic mass is 15.2. The van der Waals surface area contributed by atoms with Gasteiger partial charge in [-0.15, -0.1) is 0 Å². The van der Waals surface area contributed by atoms with E-state index in [1.807, 2.05) is 17.9 Å². The van der Waals surface area contributed by atoms with Gasteiger partial charge >= 0.3 is 0 Å². The Morgan fingerprint density at radius 2 is 1.95 bits per heavy atom. The van der Waals surface area contributed by atoms with Crippen molar-refractivity contribution in [3.05, 3.63) is 53.3 Å². The van der Waals surface area contributed by atoms with Crippen LogP contribution in [-0.2, 0) is 13.6 Å². The van der Waals surface area contributed by atoms with Gasteiger partial charge < -0.3 is 5.73 Å². The molecule has 0 amide bonds. The SMILES string of the molecule is CCC(N)C(c1ccc(C)cc1)N(C)Cc1cnn(C)c1. The first-order valence-corrected chi connectivity index (χ1v) is 7.51. The summed E-state index contributed by atoms with van der Waals surface area (Å²) in [7, 11) is 4.08. The van der Waals surface area contributed by atoms with Crippen molar-refractivity contribution < 1.29 is 0 Å². The molecule has 0 radical (unpaired) electrons. The fourth-order valence-corrected chi connectivity index (χ4v) is 2.76. The first kappa shape index (κ1) is 15.7. The largest absolute Gasteiger partial charge is 0.326 e. The van der Waals surface area contributed by atoms with E-state index in [1.165, 1.54) is 16.7 Å². The summed E-state index contributed by atoms with van der Waals surface area (Å²) >= 11 is 0. The van der Waals surface area contributed by atoms with Gasteiger partial charge in [-0.25, -0.2) is 0 Å². The first-order valence-electron chi connectivity index (χ1n) is 7.51. The molecule has 0 saturated carbocycles. The number of rotatable bonds is 6. The molecule has 1 aromatic heterocycles. The van der Waals surface area contributed by atoms with Gasteiger partial charge in [0.1, 0.15) is 0 Å². The van der Waals surface area contributed by atoms with E-state index in [0.717, 1.165) is 13.0 Å². The Labute approximate surface area is 127 Å². The molecule has 2 unspecified atom stereocenters. The molecule has 2 atom stereocenters. The first-order chi connectivity index (χ1) is 10.0. The summed E-state index contributed by atoms with van der Waals surface area (Å²) in [6.07, 6.45) is 4.93. The lowest BCUT2D eigenvalue weighted by atomic mass is 9.95. The average Bonchev–Trinajstić information content (AvgIpc) is 2.86. The highest BCUT2D eigenvalue weighted by Gasteiger charge is 2.23. The van der Waals surface area contributed by atoms with Gasteiger partial charge in [0, 0.05) is 37.4 Å². The number of nitrogens with zero attached hydrogens (tertiary/aromatic N) is 3. The van der Waals surface area contributed by atoms with Crippen LogP contribution in [0.2, 0.25) is 0 Å². The van der Waals surface area contributed by atoms with E-state index in [2.05, 4.69) is 61.4 Å². The Kier molecular flexibility index (Phi) is 5.15. The highest BCUT2D eigenvalue weighted by Crippen LogP contribution is 2.25. The van der Waals surface area contributed by atoms with Crippen molar-refractivity contribution in [2.24, 2.45) is 12.8 Å². The van der Waals surface area contributed by atoms with E-state index in [1.54, 1.807) is 0 Å². The third kappa shape index (κ3) is 3.93. The minimum absolute atomic E-state index is 0.120. The Morgan fingerprint density at radius 1 is 1.29 bits per heavy atom. The maximum atomic E-state index is 6.38. The van der Waals surface area contributed by atoms with Crippen molar-refractivity contribution in [3.8, 4) is 0 Å². The van der Waals surface area contributed by atoms with E-state index in [-0.39, 0.29) is 12.1 Å². The fourth-order valence-electron chi connectivity index (χ4n) is 2.76. The van der Waals surface area contributed by atoms with E-state index in [4.69, 9.17) is 5.73 Å². The molecule has 1 aromatic carbocycles. The van der Waals surface area contributed by atoms with E-state index in [9.17, 15) is 0 Å². The predicted molar refractivity (Wildman–Crippen MR) is 86.9 cm³/mol. The molecule has 0 aliphatic carbocycles. The van der Waals surface area contributed by atoms with E-state index < -0.39 is 0 Å². The number of benzene rings is 1. The number of aryl methyl sites for hydroxylation is 2. The number of nitrogens with two attached hydrogens (primary N) is 1. The Balaban J connectivity index is 2.20. The van der Waals surface area contributed by atoms with Gasteiger partial charge in [-0.3, -0.25) is 9.58 Å². The fraction of sp³-hybridized carbons (Fsp3) is 0.471. The van der Waals surface area contributed by atoms with E-state index in [0.29, 0.717) is 0 Å². The quantitative estimate of drug-likeness (QED) is 0.888. The maximum Gasteiger partial charge on any atom is 0.0534 e. The lowest BCUT2D eigenvalue weighted by Crippen LogP contribution is -2.38. The molecule has 4 nitrogen and oxygen atoms in total. The van der Waals surface area contributed by atoms with Gasteiger partial charge in [0.05, 0.1) is 6.20 Å². The number of aromatic nitrogens is 2. The van der Waals surface area contributed by atoms with Gasteiger partial charge in [-0.2, -0.15) is 5.10 Å². The Hall–Kier alpha value is -1.65. The zero-order chi connectivity index (χ0) is 15.4. The molecule has 0 aliphatic rings. The molecule has 2 aromatic rings. The van der Waals surface area contributed by atoms with Crippen molar-refractivity contribution in [3.63, 3.8) is 0 Å². The monoisotopic (exact) mass is 286 g/mol. The normalized spacial score (nSPS) is 14.4. The molecule has 1 heterocycles. The Bertz CT molecular complexity index is 558. The molecule has 2 rings (SSSR count). The van der Waals surface area contributed by atoms with Crippen molar-refractivity contribution in [2.45, 2.75) is 38.9 Å². The molecular weight excluding hydrogens is 260 g/mol. The molecule has 21 heavy (non-hydrogen) atoms. The average molecular weight is 286 g/mol. The van der Waals surface area contributed by atoms with Crippen molar-refractivity contribution in [1.29, 1.82) is 0 Å². The third-order valence-corrected chi connectivity index (χ3v) is 3.96. The zero-order valence-corrected chi connectivity index (χ0v) is 13.5. The predicted octanol–water partition coefficient (Wildman–Crippen LogP) is 2.64. The van der Waals surface area contributed by atoms with Crippen LogP contribution >= 0.6 is 0 Å². The van der Waals surface area contributed by atoms with Gasteiger partial charge in [0.25, 0.3) is 0 Å². The maximum absolute atomic E-state index is 6.38. The molecule has 114 valence electrons. The summed E-state index contributed by atoms with van der Waals surface area (Å²) < 4.78 is 1.84. The Morgan fingerprint density at radius 3 is 2.48 bits per heavy atom. The molecular formula is C17H26N4. The van der Waals surface area contributed by atoms with Crippen molar-refractivity contribution in [1.82, 2.24) is 14.7 Å². The molecule has 4 heteroatoms.